The van der Waals surface area contributed by atoms with Crippen LogP contribution in [0.25, 0.3) is 0 Å². The van der Waals surface area contributed by atoms with Crippen LogP contribution in [0.2, 0.25) is 0 Å². The van der Waals surface area contributed by atoms with E-state index in [2.05, 4.69) is 18.7 Å². The molecule has 3 heteroatoms. The van der Waals surface area contributed by atoms with Crippen LogP contribution in [-0.2, 0) is 4.74 Å². The van der Waals surface area contributed by atoms with Crippen LogP contribution in [0.4, 0.5) is 0 Å². The first-order chi connectivity index (χ1) is 7.26. The molecule has 2 atom stereocenters. The monoisotopic (exact) mass is 214 g/mol. The molecule has 0 amide bonds. The van der Waals surface area contributed by atoms with Gasteiger partial charge < -0.3 is 15.4 Å². The van der Waals surface area contributed by atoms with Crippen molar-refractivity contribution in [1.29, 1.82) is 0 Å². The summed E-state index contributed by atoms with van der Waals surface area (Å²) in [7, 11) is 0. The first kappa shape index (κ1) is 12.9. The van der Waals surface area contributed by atoms with E-state index in [1.807, 2.05) is 0 Å². The van der Waals surface area contributed by atoms with Crippen molar-refractivity contribution in [3.8, 4) is 0 Å². The Morgan fingerprint density at radius 2 is 2.00 bits per heavy atom. The third kappa shape index (κ3) is 4.96. The summed E-state index contributed by atoms with van der Waals surface area (Å²) in [5, 5.41) is 0. The molecular weight excluding hydrogens is 188 g/mol. The van der Waals surface area contributed by atoms with Gasteiger partial charge >= 0.3 is 0 Å². The average molecular weight is 214 g/mol. The van der Waals surface area contributed by atoms with Gasteiger partial charge in [0.2, 0.25) is 0 Å². The Labute approximate surface area is 94.0 Å². The highest BCUT2D eigenvalue weighted by atomic mass is 16.5. The molecule has 1 fully saturated rings. The van der Waals surface area contributed by atoms with Gasteiger partial charge in [0.25, 0.3) is 0 Å². The Balaban J connectivity index is 2.08. The lowest BCUT2D eigenvalue weighted by Gasteiger charge is -2.27. The number of hydrogen-bond acceptors (Lipinski definition) is 3. The molecular formula is C12H26N2O. The molecule has 0 aromatic heterocycles. The van der Waals surface area contributed by atoms with Gasteiger partial charge in [-0.3, -0.25) is 0 Å². The lowest BCUT2D eigenvalue weighted by Crippen LogP contribution is -2.34. The van der Waals surface area contributed by atoms with Crippen molar-refractivity contribution in [2.75, 3.05) is 26.2 Å². The largest absolute Gasteiger partial charge is 0.377 e. The molecule has 0 spiro atoms. The van der Waals surface area contributed by atoms with E-state index in [-0.39, 0.29) is 0 Å². The number of rotatable bonds is 6. The topological polar surface area (TPSA) is 38.5 Å². The van der Waals surface area contributed by atoms with E-state index in [4.69, 9.17) is 10.5 Å². The fourth-order valence-electron chi connectivity index (χ4n) is 2.22. The molecule has 0 radical (unpaired) electrons. The van der Waals surface area contributed by atoms with Gasteiger partial charge in [0.15, 0.2) is 0 Å². The van der Waals surface area contributed by atoms with Gasteiger partial charge in [-0.05, 0) is 38.8 Å². The molecule has 0 aromatic rings. The summed E-state index contributed by atoms with van der Waals surface area (Å²) in [5.74, 6) is 0. The van der Waals surface area contributed by atoms with Crippen LogP contribution >= 0.6 is 0 Å². The average Bonchev–Trinajstić information content (AvgIpc) is 2.25. The van der Waals surface area contributed by atoms with Crippen LogP contribution in [0, 0.1) is 0 Å². The predicted molar refractivity (Wildman–Crippen MR) is 64.0 cm³/mol. The third-order valence-electron chi connectivity index (χ3n) is 3.32. The molecule has 15 heavy (non-hydrogen) atoms. The molecule has 2 N–H and O–H groups in total. The van der Waals surface area contributed by atoms with Crippen molar-refractivity contribution in [2.45, 2.75) is 51.7 Å². The van der Waals surface area contributed by atoms with E-state index in [0.29, 0.717) is 12.1 Å². The maximum absolute atomic E-state index is 5.92. The zero-order chi connectivity index (χ0) is 11.1. The van der Waals surface area contributed by atoms with Gasteiger partial charge in [0.05, 0.1) is 12.7 Å². The molecule has 2 unspecified atom stereocenters. The van der Waals surface area contributed by atoms with E-state index in [1.165, 1.54) is 19.3 Å². The number of nitrogens with zero attached hydrogens (tertiary/aromatic N) is 1. The number of ether oxygens (including phenoxy) is 1. The van der Waals surface area contributed by atoms with Crippen molar-refractivity contribution in [3.05, 3.63) is 0 Å². The molecule has 1 aliphatic carbocycles. The molecule has 90 valence electrons. The SMILES string of the molecule is CCN(CC)CCOC1CCCC(N)C1. The fourth-order valence-corrected chi connectivity index (χ4v) is 2.22. The quantitative estimate of drug-likeness (QED) is 0.730. The highest BCUT2D eigenvalue weighted by molar-refractivity contribution is 4.75. The number of hydrogen-bond donors (Lipinski definition) is 1. The van der Waals surface area contributed by atoms with Gasteiger partial charge in [0, 0.05) is 12.6 Å². The van der Waals surface area contributed by atoms with Crippen LogP contribution in [0.3, 0.4) is 0 Å². The Hall–Kier alpha value is -0.120. The summed E-state index contributed by atoms with van der Waals surface area (Å²) >= 11 is 0. The Morgan fingerprint density at radius 1 is 1.27 bits per heavy atom. The van der Waals surface area contributed by atoms with Crippen molar-refractivity contribution in [3.63, 3.8) is 0 Å². The van der Waals surface area contributed by atoms with Crippen LogP contribution in [0.15, 0.2) is 0 Å². The second-order valence-corrected chi connectivity index (χ2v) is 4.45. The van der Waals surface area contributed by atoms with E-state index in [1.54, 1.807) is 0 Å². The van der Waals surface area contributed by atoms with Gasteiger partial charge in [-0.25, -0.2) is 0 Å². The minimum Gasteiger partial charge on any atom is -0.377 e. The number of nitrogens with two attached hydrogens (primary N) is 1. The lowest BCUT2D eigenvalue weighted by atomic mass is 9.94. The fraction of sp³-hybridized carbons (Fsp3) is 1.00. The summed E-state index contributed by atoms with van der Waals surface area (Å²) in [6.45, 7) is 8.53. The molecule has 1 saturated carbocycles. The lowest BCUT2D eigenvalue weighted by molar-refractivity contribution is 0.0131. The van der Waals surface area contributed by atoms with Gasteiger partial charge in [-0.1, -0.05) is 13.8 Å². The zero-order valence-electron chi connectivity index (χ0n) is 10.2. The highest BCUT2D eigenvalue weighted by Gasteiger charge is 2.19. The molecule has 0 saturated heterocycles. The first-order valence-corrected chi connectivity index (χ1v) is 6.35. The molecule has 0 aromatic carbocycles. The van der Waals surface area contributed by atoms with Gasteiger partial charge in [-0.15, -0.1) is 0 Å². The van der Waals surface area contributed by atoms with E-state index in [0.717, 1.165) is 32.7 Å². The van der Waals surface area contributed by atoms with Gasteiger partial charge in [0.1, 0.15) is 0 Å². The Morgan fingerprint density at radius 3 is 2.60 bits per heavy atom. The van der Waals surface area contributed by atoms with E-state index >= 15 is 0 Å². The summed E-state index contributed by atoms with van der Waals surface area (Å²) < 4.78 is 5.87. The maximum Gasteiger partial charge on any atom is 0.0597 e. The molecule has 0 heterocycles. The summed E-state index contributed by atoms with van der Waals surface area (Å²) in [4.78, 5) is 2.39. The minimum absolute atomic E-state index is 0.372. The Bertz CT molecular complexity index is 160. The van der Waals surface area contributed by atoms with Crippen LogP contribution in [0.5, 0.6) is 0 Å². The summed E-state index contributed by atoms with van der Waals surface area (Å²) in [5.41, 5.74) is 5.92. The summed E-state index contributed by atoms with van der Waals surface area (Å²) in [6.07, 6.45) is 5.08. The Kier molecular flexibility index (Phi) is 6.22. The van der Waals surface area contributed by atoms with Crippen molar-refractivity contribution in [1.82, 2.24) is 4.90 Å². The van der Waals surface area contributed by atoms with Crippen molar-refractivity contribution in [2.24, 2.45) is 5.73 Å². The molecule has 1 aliphatic rings. The van der Waals surface area contributed by atoms with Crippen molar-refractivity contribution < 1.29 is 4.74 Å². The number of likely N-dealkylation sites (N-methyl/N-ethyl adjacent to an activating group) is 1. The smallest absolute Gasteiger partial charge is 0.0597 e. The maximum atomic E-state index is 5.92. The molecule has 1 rings (SSSR count). The van der Waals surface area contributed by atoms with Crippen LogP contribution in [-0.4, -0.2) is 43.3 Å². The minimum atomic E-state index is 0.372. The molecule has 0 aliphatic heterocycles. The standard InChI is InChI=1S/C12H26N2O/c1-3-14(4-2)8-9-15-12-7-5-6-11(13)10-12/h11-12H,3-10,13H2,1-2H3. The highest BCUT2D eigenvalue weighted by Crippen LogP contribution is 2.19. The predicted octanol–water partition coefficient (Wildman–Crippen LogP) is 1.61. The molecule has 3 nitrogen and oxygen atoms in total. The first-order valence-electron chi connectivity index (χ1n) is 6.35. The normalized spacial score (nSPS) is 27.2. The second-order valence-electron chi connectivity index (χ2n) is 4.45. The summed E-state index contributed by atoms with van der Waals surface area (Å²) in [6, 6.07) is 0.372. The van der Waals surface area contributed by atoms with Crippen LogP contribution in [0.1, 0.15) is 39.5 Å². The van der Waals surface area contributed by atoms with Crippen LogP contribution < -0.4 is 5.73 Å². The third-order valence-corrected chi connectivity index (χ3v) is 3.32. The van der Waals surface area contributed by atoms with Gasteiger partial charge in [-0.2, -0.15) is 0 Å². The molecule has 0 bridgehead atoms. The zero-order valence-corrected chi connectivity index (χ0v) is 10.2. The van der Waals surface area contributed by atoms with E-state index in [9.17, 15) is 0 Å². The van der Waals surface area contributed by atoms with E-state index < -0.39 is 0 Å². The second kappa shape index (κ2) is 7.20. The van der Waals surface area contributed by atoms with Crippen molar-refractivity contribution >= 4 is 0 Å².